The Balaban J connectivity index is 0.00000225. The summed E-state index contributed by atoms with van der Waals surface area (Å²) in [6.07, 6.45) is 4.36. The van der Waals surface area contributed by atoms with Crippen molar-refractivity contribution < 1.29 is 0 Å². The molecule has 1 fully saturated rings. The van der Waals surface area contributed by atoms with Crippen molar-refractivity contribution in [2.24, 2.45) is 10.9 Å². The number of rotatable bonds is 4. The molecule has 2 aromatic rings. The Kier molecular flexibility index (Phi) is 7.74. The van der Waals surface area contributed by atoms with Crippen LogP contribution >= 0.6 is 24.0 Å². The van der Waals surface area contributed by atoms with Crippen LogP contribution in [0.15, 0.2) is 41.5 Å². The van der Waals surface area contributed by atoms with E-state index < -0.39 is 0 Å². The van der Waals surface area contributed by atoms with Gasteiger partial charge in [0.25, 0.3) is 0 Å². The average Bonchev–Trinajstić information content (AvgIpc) is 3.09. The van der Waals surface area contributed by atoms with Crippen LogP contribution in [0.1, 0.15) is 32.5 Å². The number of aromatic nitrogens is 2. The van der Waals surface area contributed by atoms with Crippen molar-refractivity contribution in [1.29, 1.82) is 0 Å². The Hall–Kier alpha value is -1.57. The fraction of sp³-hybridized carbons (Fsp3) is 0.474. The molecule has 0 saturated carbocycles. The summed E-state index contributed by atoms with van der Waals surface area (Å²) in [5.41, 5.74) is 2.19. The van der Waals surface area contributed by atoms with Gasteiger partial charge in [0.1, 0.15) is 12.4 Å². The van der Waals surface area contributed by atoms with Gasteiger partial charge in [-0.25, -0.2) is 9.98 Å². The first-order chi connectivity index (χ1) is 11.8. The van der Waals surface area contributed by atoms with Crippen molar-refractivity contribution in [2.45, 2.75) is 33.2 Å². The fourth-order valence-electron chi connectivity index (χ4n) is 3.00. The molecule has 1 aliphatic heterocycles. The lowest BCUT2D eigenvalue weighted by atomic mass is 10.00. The van der Waals surface area contributed by atoms with Gasteiger partial charge in [0.15, 0.2) is 5.96 Å². The Morgan fingerprint density at radius 3 is 2.68 bits per heavy atom. The van der Waals surface area contributed by atoms with Gasteiger partial charge in [0.05, 0.1) is 11.9 Å². The standard InChI is InChI=1S/C19H27N5.HI/c1-3-20-19(24-11-9-15(2)10-12-24)22-14-18-21-13-17(23-18)16-7-5-4-6-8-16;/h4-8,13,15H,3,9-12,14H2,1-2H3,(H,20,22)(H,21,23);1H. The Labute approximate surface area is 167 Å². The maximum Gasteiger partial charge on any atom is 0.194 e. The fourth-order valence-corrected chi connectivity index (χ4v) is 3.00. The number of nitrogens with one attached hydrogen (secondary N) is 2. The number of hydrogen-bond acceptors (Lipinski definition) is 2. The molecule has 6 heteroatoms. The highest BCUT2D eigenvalue weighted by Crippen LogP contribution is 2.17. The molecule has 1 aromatic carbocycles. The SMILES string of the molecule is CCNC(=NCc1ncc(-c2ccccc2)[nH]1)N1CCC(C)CC1.I. The molecule has 2 heterocycles. The zero-order chi connectivity index (χ0) is 16.8. The Morgan fingerprint density at radius 2 is 2.00 bits per heavy atom. The molecule has 25 heavy (non-hydrogen) atoms. The second-order valence-corrected chi connectivity index (χ2v) is 6.45. The van der Waals surface area contributed by atoms with Gasteiger partial charge in [-0.3, -0.25) is 0 Å². The number of imidazole rings is 1. The minimum Gasteiger partial charge on any atom is -0.357 e. The first-order valence-electron chi connectivity index (χ1n) is 8.89. The van der Waals surface area contributed by atoms with E-state index in [1.807, 2.05) is 24.4 Å². The number of halogens is 1. The average molecular weight is 453 g/mol. The van der Waals surface area contributed by atoms with Crippen molar-refractivity contribution in [3.05, 3.63) is 42.4 Å². The lowest BCUT2D eigenvalue weighted by Gasteiger charge is -2.32. The molecule has 5 nitrogen and oxygen atoms in total. The number of nitrogens with zero attached hydrogens (tertiary/aromatic N) is 3. The first-order valence-corrected chi connectivity index (χ1v) is 8.89. The molecule has 0 bridgehead atoms. The van der Waals surface area contributed by atoms with Crippen molar-refractivity contribution in [3.8, 4) is 11.3 Å². The van der Waals surface area contributed by atoms with Gasteiger partial charge in [-0.1, -0.05) is 37.3 Å². The molecule has 1 aliphatic rings. The van der Waals surface area contributed by atoms with Crippen LogP contribution in [0.3, 0.4) is 0 Å². The molecule has 136 valence electrons. The second-order valence-electron chi connectivity index (χ2n) is 6.45. The second kappa shape index (κ2) is 9.79. The van der Waals surface area contributed by atoms with E-state index in [1.54, 1.807) is 0 Å². The number of hydrogen-bond donors (Lipinski definition) is 2. The largest absolute Gasteiger partial charge is 0.357 e. The van der Waals surface area contributed by atoms with Crippen LogP contribution in [0.4, 0.5) is 0 Å². The maximum atomic E-state index is 4.78. The molecule has 1 aromatic heterocycles. The lowest BCUT2D eigenvalue weighted by Crippen LogP contribution is -2.45. The van der Waals surface area contributed by atoms with Crippen LogP contribution in [0, 0.1) is 5.92 Å². The maximum absolute atomic E-state index is 4.78. The summed E-state index contributed by atoms with van der Waals surface area (Å²) in [7, 11) is 0. The Morgan fingerprint density at radius 1 is 1.28 bits per heavy atom. The van der Waals surface area contributed by atoms with E-state index in [9.17, 15) is 0 Å². The predicted molar refractivity (Wildman–Crippen MR) is 114 cm³/mol. The third kappa shape index (κ3) is 5.45. The molecule has 0 amide bonds. The van der Waals surface area contributed by atoms with E-state index in [1.165, 1.54) is 12.8 Å². The summed E-state index contributed by atoms with van der Waals surface area (Å²) < 4.78 is 0. The van der Waals surface area contributed by atoms with Crippen LogP contribution in [0.25, 0.3) is 11.3 Å². The van der Waals surface area contributed by atoms with Crippen molar-refractivity contribution in [2.75, 3.05) is 19.6 Å². The summed E-state index contributed by atoms with van der Waals surface area (Å²) >= 11 is 0. The smallest absolute Gasteiger partial charge is 0.194 e. The van der Waals surface area contributed by atoms with Crippen molar-refractivity contribution >= 4 is 29.9 Å². The number of likely N-dealkylation sites (tertiary alicyclic amines) is 1. The van der Waals surface area contributed by atoms with E-state index in [2.05, 4.69) is 46.2 Å². The van der Waals surface area contributed by atoms with E-state index >= 15 is 0 Å². The van der Waals surface area contributed by atoms with Gasteiger partial charge in [0.2, 0.25) is 0 Å². The van der Waals surface area contributed by atoms with E-state index in [0.717, 1.165) is 48.6 Å². The molecule has 0 spiro atoms. The summed E-state index contributed by atoms with van der Waals surface area (Å²) in [6, 6.07) is 10.3. The molecule has 0 unspecified atom stereocenters. The van der Waals surface area contributed by atoms with Crippen LogP contribution < -0.4 is 5.32 Å². The highest BCUT2D eigenvalue weighted by atomic mass is 127. The number of H-pyrrole nitrogens is 1. The molecule has 0 radical (unpaired) electrons. The van der Waals surface area contributed by atoms with Crippen molar-refractivity contribution in [1.82, 2.24) is 20.2 Å². The zero-order valence-corrected chi connectivity index (χ0v) is 17.4. The van der Waals surface area contributed by atoms with Gasteiger partial charge in [-0.2, -0.15) is 0 Å². The van der Waals surface area contributed by atoms with Gasteiger partial charge >= 0.3 is 0 Å². The number of aromatic amines is 1. The molecular weight excluding hydrogens is 425 g/mol. The molecule has 2 N–H and O–H groups in total. The van der Waals surface area contributed by atoms with Crippen molar-refractivity contribution in [3.63, 3.8) is 0 Å². The van der Waals surface area contributed by atoms with Crippen LogP contribution in [-0.2, 0) is 6.54 Å². The first kappa shape index (κ1) is 19.8. The number of benzene rings is 1. The molecule has 0 aliphatic carbocycles. The number of guanidine groups is 1. The van der Waals surface area contributed by atoms with E-state index in [4.69, 9.17) is 4.99 Å². The minimum atomic E-state index is 0. The van der Waals surface area contributed by atoms with Crippen LogP contribution in [0.2, 0.25) is 0 Å². The van der Waals surface area contributed by atoms with Gasteiger partial charge in [-0.15, -0.1) is 24.0 Å². The number of aliphatic imine (C=N–C) groups is 1. The highest BCUT2D eigenvalue weighted by molar-refractivity contribution is 14.0. The summed E-state index contributed by atoms with van der Waals surface area (Å²) in [5.74, 6) is 2.72. The predicted octanol–water partition coefficient (Wildman–Crippen LogP) is 3.89. The van der Waals surface area contributed by atoms with Gasteiger partial charge < -0.3 is 15.2 Å². The zero-order valence-electron chi connectivity index (χ0n) is 15.0. The van der Waals surface area contributed by atoms with Crippen LogP contribution in [0.5, 0.6) is 0 Å². The quantitative estimate of drug-likeness (QED) is 0.420. The minimum absolute atomic E-state index is 0. The molecule has 3 rings (SSSR count). The van der Waals surface area contributed by atoms with Crippen LogP contribution in [-0.4, -0.2) is 40.5 Å². The monoisotopic (exact) mass is 453 g/mol. The summed E-state index contributed by atoms with van der Waals surface area (Å²) in [4.78, 5) is 15.0. The number of piperidine rings is 1. The van der Waals surface area contributed by atoms with E-state index in [0.29, 0.717) is 6.54 Å². The lowest BCUT2D eigenvalue weighted by molar-refractivity contribution is 0.273. The summed E-state index contributed by atoms with van der Waals surface area (Å²) in [6.45, 7) is 8.07. The third-order valence-electron chi connectivity index (χ3n) is 4.51. The van der Waals surface area contributed by atoms with E-state index in [-0.39, 0.29) is 24.0 Å². The van der Waals surface area contributed by atoms with Gasteiger partial charge in [-0.05, 0) is 31.2 Å². The molecular formula is C19H28IN5. The topological polar surface area (TPSA) is 56.3 Å². The Bertz CT molecular complexity index is 659. The molecule has 1 saturated heterocycles. The summed E-state index contributed by atoms with van der Waals surface area (Å²) in [5, 5.41) is 3.41. The molecule has 0 atom stereocenters. The third-order valence-corrected chi connectivity index (χ3v) is 4.51. The van der Waals surface area contributed by atoms with Gasteiger partial charge in [0, 0.05) is 19.6 Å². The highest BCUT2D eigenvalue weighted by Gasteiger charge is 2.18. The normalized spacial score (nSPS) is 15.8.